The molecule has 0 radical (unpaired) electrons. The topological polar surface area (TPSA) is 12.0 Å². The van der Waals surface area contributed by atoms with Gasteiger partial charge in [0.05, 0.1) is 12.1 Å². The first-order chi connectivity index (χ1) is 7.95. The van der Waals surface area contributed by atoms with Gasteiger partial charge >= 0.3 is 0 Å². The van der Waals surface area contributed by atoms with Crippen LogP contribution in [0.25, 0.3) is 0 Å². The molecule has 2 atom stereocenters. The number of hydrogen-bond acceptors (Lipinski definition) is 1. The van der Waals surface area contributed by atoms with Crippen LogP contribution in [-0.2, 0) is 0 Å². The van der Waals surface area contributed by atoms with Crippen molar-refractivity contribution in [3.8, 4) is 0 Å². The molecule has 1 N–H and O–H groups in total. The van der Waals surface area contributed by atoms with E-state index in [4.69, 9.17) is 0 Å². The molecule has 0 amide bonds. The van der Waals surface area contributed by atoms with Crippen molar-refractivity contribution in [2.45, 2.75) is 25.9 Å². The highest BCUT2D eigenvalue weighted by molar-refractivity contribution is 5.53. The molecule has 2 unspecified atom stereocenters. The second-order valence-electron chi connectivity index (χ2n) is 4.48. The van der Waals surface area contributed by atoms with Crippen LogP contribution in [0.3, 0.4) is 0 Å². The molecule has 1 aromatic carbocycles. The van der Waals surface area contributed by atoms with Crippen molar-refractivity contribution in [2.24, 2.45) is 0 Å². The van der Waals surface area contributed by atoms with Gasteiger partial charge in [-0.2, -0.15) is 0 Å². The number of hydrogen-bond donors (Lipinski definition) is 1. The van der Waals surface area contributed by atoms with Crippen LogP contribution in [-0.4, -0.2) is 0 Å². The standard InChI is InChI=1S/C12H9F4N/c1-3-4(2)12-6-5(11(3)17-12)7(13)9(15)10(16)8(6)14/h11-12,17H,1-2H3. The van der Waals surface area contributed by atoms with E-state index in [0.29, 0.717) is 0 Å². The molecule has 0 fully saturated rings. The first-order valence-electron chi connectivity index (χ1n) is 5.24. The third-order valence-corrected chi connectivity index (χ3v) is 3.74. The zero-order valence-corrected chi connectivity index (χ0v) is 9.17. The molecule has 90 valence electrons. The van der Waals surface area contributed by atoms with Crippen molar-refractivity contribution in [2.75, 3.05) is 0 Å². The van der Waals surface area contributed by atoms with Crippen LogP contribution in [0, 0.1) is 23.3 Å². The quantitative estimate of drug-likeness (QED) is 0.319. The maximum atomic E-state index is 13.7. The Bertz CT molecular complexity index is 528. The number of halogens is 4. The normalized spacial score (nSPS) is 25.8. The summed E-state index contributed by atoms with van der Waals surface area (Å²) in [6.45, 7) is 3.54. The summed E-state index contributed by atoms with van der Waals surface area (Å²) in [5.41, 5.74) is 1.50. The van der Waals surface area contributed by atoms with Gasteiger partial charge in [0.15, 0.2) is 23.3 Å². The van der Waals surface area contributed by atoms with E-state index in [1.165, 1.54) is 0 Å². The van der Waals surface area contributed by atoms with Crippen molar-refractivity contribution in [3.63, 3.8) is 0 Å². The fourth-order valence-corrected chi connectivity index (χ4v) is 2.70. The summed E-state index contributed by atoms with van der Waals surface area (Å²) in [6.07, 6.45) is 0. The second kappa shape index (κ2) is 3.10. The second-order valence-corrected chi connectivity index (χ2v) is 4.48. The summed E-state index contributed by atoms with van der Waals surface area (Å²) in [7, 11) is 0. The summed E-state index contributed by atoms with van der Waals surface area (Å²) in [5.74, 6) is -6.04. The summed E-state index contributed by atoms with van der Waals surface area (Å²) >= 11 is 0. The highest BCUT2D eigenvalue weighted by atomic mass is 19.2. The lowest BCUT2D eigenvalue weighted by Crippen LogP contribution is -2.11. The average Bonchev–Trinajstić information content (AvgIpc) is 2.82. The van der Waals surface area contributed by atoms with Crippen LogP contribution in [0.4, 0.5) is 17.6 Å². The highest BCUT2D eigenvalue weighted by Gasteiger charge is 2.45. The number of fused-ring (bicyclic) bond motifs is 5. The lowest BCUT2D eigenvalue weighted by atomic mass is 9.86. The molecule has 2 aliphatic heterocycles. The first kappa shape index (κ1) is 10.8. The predicted octanol–water partition coefficient (Wildman–Crippen LogP) is 3.28. The summed E-state index contributed by atoms with van der Waals surface area (Å²) in [6, 6.07) is -1.08. The van der Waals surface area contributed by atoms with Gasteiger partial charge in [-0.1, -0.05) is 11.1 Å². The van der Waals surface area contributed by atoms with Gasteiger partial charge < -0.3 is 0 Å². The molecular formula is C12H9F4N. The van der Waals surface area contributed by atoms with E-state index in [1.54, 1.807) is 13.8 Å². The molecular weight excluding hydrogens is 234 g/mol. The summed E-state index contributed by atoms with van der Waals surface area (Å²) < 4.78 is 53.6. The van der Waals surface area contributed by atoms with E-state index in [1.807, 2.05) is 0 Å². The van der Waals surface area contributed by atoms with Crippen LogP contribution in [0.5, 0.6) is 0 Å². The lowest BCUT2D eigenvalue weighted by molar-refractivity contribution is 0.399. The minimum absolute atomic E-state index is 0.0884. The molecule has 3 rings (SSSR count). The van der Waals surface area contributed by atoms with E-state index < -0.39 is 35.4 Å². The zero-order chi connectivity index (χ0) is 12.5. The summed E-state index contributed by atoms with van der Waals surface area (Å²) in [5, 5.41) is 2.94. The van der Waals surface area contributed by atoms with Gasteiger partial charge in [-0.15, -0.1) is 0 Å². The molecule has 1 nitrogen and oxygen atoms in total. The fourth-order valence-electron chi connectivity index (χ4n) is 2.70. The number of benzene rings is 1. The van der Waals surface area contributed by atoms with Gasteiger partial charge in [-0.25, -0.2) is 17.6 Å². The van der Waals surface area contributed by atoms with E-state index >= 15 is 0 Å². The molecule has 0 saturated heterocycles. The largest absolute Gasteiger partial charge is 0.296 e. The lowest BCUT2D eigenvalue weighted by Gasteiger charge is -2.18. The minimum atomic E-state index is -1.74. The maximum absolute atomic E-state index is 13.7. The molecule has 17 heavy (non-hydrogen) atoms. The minimum Gasteiger partial charge on any atom is -0.296 e. The van der Waals surface area contributed by atoms with Gasteiger partial charge in [-0.3, -0.25) is 5.32 Å². The van der Waals surface area contributed by atoms with Crippen molar-refractivity contribution < 1.29 is 17.6 Å². The van der Waals surface area contributed by atoms with Crippen LogP contribution in [0.15, 0.2) is 11.1 Å². The molecule has 2 aliphatic rings. The average molecular weight is 243 g/mol. The van der Waals surface area contributed by atoms with Gasteiger partial charge in [0.2, 0.25) is 0 Å². The van der Waals surface area contributed by atoms with Crippen LogP contribution in [0.1, 0.15) is 37.1 Å². The zero-order valence-electron chi connectivity index (χ0n) is 9.17. The number of nitrogens with one attached hydrogen (secondary N) is 1. The Labute approximate surface area is 95.1 Å². The molecule has 0 aromatic heterocycles. The third kappa shape index (κ3) is 1.08. The molecule has 2 bridgehead atoms. The first-order valence-corrected chi connectivity index (χ1v) is 5.24. The van der Waals surface area contributed by atoms with Gasteiger partial charge in [0, 0.05) is 11.1 Å². The Kier molecular flexibility index (Phi) is 1.96. The van der Waals surface area contributed by atoms with Crippen LogP contribution < -0.4 is 5.32 Å². The van der Waals surface area contributed by atoms with Crippen molar-refractivity contribution in [3.05, 3.63) is 45.5 Å². The fraction of sp³-hybridized carbons (Fsp3) is 0.333. The Hall–Kier alpha value is -1.36. The molecule has 0 spiro atoms. The van der Waals surface area contributed by atoms with Crippen molar-refractivity contribution in [1.82, 2.24) is 5.32 Å². The maximum Gasteiger partial charge on any atom is 0.197 e. The Balaban J connectivity index is 2.36. The predicted molar refractivity (Wildman–Crippen MR) is 53.3 cm³/mol. The molecule has 1 aromatic rings. The Morgan fingerprint density at radius 1 is 0.706 bits per heavy atom. The monoisotopic (exact) mass is 243 g/mol. The molecule has 2 heterocycles. The SMILES string of the molecule is CC1=C(C)C2NC1c1c(F)c(F)c(F)c(F)c12. The molecule has 0 aliphatic carbocycles. The van der Waals surface area contributed by atoms with E-state index in [2.05, 4.69) is 5.32 Å². The van der Waals surface area contributed by atoms with E-state index in [9.17, 15) is 17.6 Å². The Morgan fingerprint density at radius 2 is 1.06 bits per heavy atom. The smallest absolute Gasteiger partial charge is 0.197 e. The highest BCUT2D eigenvalue weighted by Crippen LogP contribution is 2.50. The van der Waals surface area contributed by atoms with Gasteiger partial charge in [-0.05, 0) is 13.8 Å². The van der Waals surface area contributed by atoms with E-state index in [-0.39, 0.29) is 11.1 Å². The number of rotatable bonds is 0. The van der Waals surface area contributed by atoms with Crippen molar-refractivity contribution in [1.29, 1.82) is 0 Å². The third-order valence-electron chi connectivity index (χ3n) is 3.74. The van der Waals surface area contributed by atoms with Crippen LogP contribution >= 0.6 is 0 Å². The Morgan fingerprint density at radius 3 is 1.41 bits per heavy atom. The van der Waals surface area contributed by atoms with Crippen LogP contribution in [0.2, 0.25) is 0 Å². The van der Waals surface area contributed by atoms with E-state index in [0.717, 1.165) is 11.1 Å². The van der Waals surface area contributed by atoms with Crippen molar-refractivity contribution >= 4 is 0 Å². The summed E-state index contributed by atoms with van der Waals surface area (Å²) in [4.78, 5) is 0. The van der Waals surface area contributed by atoms with Gasteiger partial charge in [0.25, 0.3) is 0 Å². The molecule has 5 heteroatoms. The molecule has 0 saturated carbocycles. The van der Waals surface area contributed by atoms with Gasteiger partial charge in [0.1, 0.15) is 0 Å².